The van der Waals surface area contributed by atoms with Crippen LogP contribution in [-0.2, 0) is 6.54 Å². The Kier molecular flexibility index (Phi) is 2.96. The monoisotopic (exact) mass is 230 g/mol. The molecule has 0 aliphatic carbocycles. The quantitative estimate of drug-likeness (QED) is 0.804. The van der Waals surface area contributed by atoms with Gasteiger partial charge in [-0.3, -0.25) is 0 Å². The van der Waals surface area contributed by atoms with E-state index < -0.39 is 0 Å². The number of halogens is 1. The van der Waals surface area contributed by atoms with Crippen LogP contribution in [0.15, 0.2) is 16.7 Å². The van der Waals surface area contributed by atoms with Crippen LogP contribution < -0.4 is 5.32 Å². The summed E-state index contributed by atoms with van der Waals surface area (Å²) < 4.78 is 1.10. The second kappa shape index (κ2) is 3.62. The van der Waals surface area contributed by atoms with E-state index in [0.717, 1.165) is 11.0 Å². The molecule has 0 aliphatic heterocycles. The Morgan fingerprint density at radius 2 is 2.17 bits per heavy atom. The third-order valence-corrected chi connectivity index (χ3v) is 1.97. The Morgan fingerprint density at radius 3 is 2.58 bits per heavy atom. The topological polar surface area (TPSA) is 27.8 Å². The van der Waals surface area contributed by atoms with Gasteiger partial charge in [-0.15, -0.1) is 0 Å². The lowest BCUT2D eigenvalue weighted by atomic mass is 10.1. The summed E-state index contributed by atoms with van der Waals surface area (Å²) in [6, 6.07) is 2.08. The van der Waals surface area contributed by atoms with E-state index in [1.54, 1.807) is 0 Å². The van der Waals surface area contributed by atoms with Crippen LogP contribution in [0.1, 0.15) is 26.5 Å². The van der Waals surface area contributed by atoms with Crippen LogP contribution in [0.5, 0.6) is 0 Å². The Bertz CT molecular complexity index is 247. The van der Waals surface area contributed by atoms with Gasteiger partial charge in [0, 0.05) is 28.4 Å². The van der Waals surface area contributed by atoms with E-state index in [1.165, 1.54) is 5.69 Å². The smallest absolute Gasteiger partial charge is 0.0362 e. The maximum Gasteiger partial charge on any atom is 0.0362 e. The molecule has 0 aromatic carbocycles. The molecule has 0 radical (unpaired) electrons. The Labute approximate surface area is 81.9 Å². The van der Waals surface area contributed by atoms with Gasteiger partial charge in [0.25, 0.3) is 0 Å². The summed E-state index contributed by atoms with van der Waals surface area (Å²) in [5.41, 5.74) is 1.38. The number of aromatic nitrogens is 1. The molecule has 0 atom stereocenters. The summed E-state index contributed by atoms with van der Waals surface area (Å²) in [5.74, 6) is 0. The van der Waals surface area contributed by atoms with Crippen LogP contribution in [0.2, 0.25) is 0 Å². The number of rotatable bonds is 2. The van der Waals surface area contributed by atoms with Crippen molar-refractivity contribution >= 4 is 15.9 Å². The Morgan fingerprint density at radius 1 is 1.50 bits per heavy atom. The van der Waals surface area contributed by atoms with E-state index in [9.17, 15) is 0 Å². The average Bonchev–Trinajstić information content (AvgIpc) is 2.30. The summed E-state index contributed by atoms with van der Waals surface area (Å²) in [5, 5.41) is 3.40. The van der Waals surface area contributed by atoms with Gasteiger partial charge in [0.05, 0.1) is 0 Å². The minimum absolute atomic E-state index is 0.178. The summed E-state index contributed by atoms with van der Waals surface area (Å²) in [4.78, 5) is 3.17. The van der Waals surface area contributed by atoms with Crippen LogP contribution in [0, 0.1) is 0 Å². The highest BCUT2D eigenvalue weighted by atomic mass is 79.9. The number of H-pyrrole nitrogens is 1. The maximum absolute atomic E-state index is 3.40. The third kappa shape index (κ3) is 3.41. The van der Waals surface area contributed by atoms with Crippen molar-refractivity contribution in [2.75, 3.05) is 0 Å². The molecule has 0 aliphatic rings. The minimum atomic E-state index is 0.178. The molecule has 0 spiro atoms. The third-order valence-electron chi connectivity index (χ3n) is 1.52. The van der Waals surface area contributed by atoms with Crippen molar-refractivity contribution in [1.29, 1.82) is 0 Å². The fraction of sp³-hybridized carbons (Fsp3) is 0.556. The molecule has 0 saturated carbocycles. The lowest BCUT2D eigenvalue weighted by molar-refractivity contribution is 0.422. The first-order valence-electron chi connectivity index (χ1n) is 4.05. The van der Waals surface area contributed by atoms with E-state index in [-0.39, 0.29) is 5.54 Å². The SMILES string of the molecule is CC(C)(C)NCc1cc(Br)c[nH]1. The number of aromatic amines is 1. The average molecular weight is 231 g/mol. The summed E-state index contributed by atoms with van der Waals surface area (Å²) >= 11 is 3.39. The number of hydrogen-bond donors (Lipinski definition) is 2. The first-order chi connectivity index (χ1) is 5.47. The van der Waals surface area contributed by atoms with Crippen LogP contribution in [-0.4, -0.2) is 10.5 Å². The summed E-state index contributed by atoms with van der Waals surface area (Å²) in [6.45, 7) is 7.36. The second-order valence-corrected chi connectivity index (χ2v) is 4.86. The fourth-order valence-electron chi connectivity index (χ4n) is 0.874. The molecule has 1 heterocycles. The zero-order chi connectivity index (χ0) is 9.19. The zero-order valence-corrected chi connectivity index (χ0v) is 9.33. The Hall–Kier alpha value is -0.280. The van der Waals surface area contributed by atoms with Gasteiger partial charge in [0.1, 0.15) is 0 Å². The normalized spacial score (nSPS) is 12.0. The highest BCUT2D eigenvalue weighted by molar-refractivity contribution is 9.10. The van der Waals surface area contributed by atoms with Gasteiger partial charge < -0.3 is 10.3 Å². The van der Waals surface area contributed by atoms with Gasteiger partial charge in [-0.2, -0.15) is 0 Å². The van der Waals surface area contributed by atoms with Crippen molar-refractivity contribution in [2.45, 2.75) is 32.9 Å². The predicted molar refractivity (Wildman–Crippen MR) is 55.1 cm³/mol. The van der Waals surface area contributed by atoms with E-state index in [0.29, 0.717) is 0 Å². The molecular formula is C9H15BrN2. The molecule has 1 aromatic rings. The van der Waals surface area contributed by atoms with Gasteiger partial charge in [-0.05, 0) is 42.8 Å². The number of nitrogens with one attached hydrogen (secondary N) is 2. The molecule has 0 fully saturated rings. The molecule has 0 unspecified atom stereocenters. The highest BCUT2D eigenvalue weighted by Gasteiger charge is 2.08. The Balaban J connectivity index is 2.44. The first-order valence-corrected chi connectivity index (χ1v) is 4.84. The van der Waals surface area contributed by atoms with Crippen molar-refractivity contribution < 1.29 is 0 Å². The van der Waals surface area contributed by atoms with E-state index in [4.69, 9.17) is 0 Å². The molecule has 2 nitrogen and oxygen atoms in total. The highest BCUT2D eigenvalue weighted by Crippen LogP contribution is 2.11. The standard InChI is InChI=1S/C9H15BrN2/c1-9(2,3)12-6-8-4-7(10)5-11-8/h4-5,11-12H,6H2,1-3H3. The van der Waals surface area contributed by atoms with Crippen molar-refractivity contribution in [3.63, 3.8) is 0 Å². The van der Waals surface area contributed by atoms with Crippen molar-refractivity contribution in [3.8, 4) is 0 Å². The van der Waals surface area contributed by atoms with E-state index in [1.807, 2.05) is 6.20 Å². The molecule has 12 heavy (non-hydrogen) atoms. The van der Waals surface area contributed by atoms with Gasteiger partial charge in [0.15, 0.2) is 0 Å². The van der Waals surface area contributed by atoms with Crippen LogP contribution >= 0.6 is 15.9 Å². The van der Waals surface area contributed by atoms with Crippen molar-refractivity contribution in [2.24, 2.45) is 0 Å². The van der Waals surface area contributed by atoms with Crippen LogP contribution in [0.3, 0.4) is 0 Å². The van der Waals surface area contributed by atoms with E-state index in [2.05, 4.69) is 53.1 Å². The molecular weight excluding hydrogens is 216 g/mol. The summed E-state index contributed by atoms with van der Waals surface area (Å²) in [6.07, 6.45) is 1.94. The van der Waals surface area contributed by atoms with Gasteiger partial charge >= 0.3 is 0 Å². The molecule has 68 valence electrons. The number of hydrogen-bond acceptors (Lipinski definition) is 1. The molecule has 1 aromatic heterocycles. The van der Waals surface area contributed by atoms with Gasteiger partial charge in [0.2, 0.25) is 0 Å². The van der Waals surface area contributed by atoms with Crippen molar-refractivity contribution in [1.82, 2.24) is 10.3 Å². The maximum atomic E-state index is 3.40. The van der Waals surface area contributed by atoms with Gasteiger partial charge in [-0.1, -0.05) is 0 Å². The van der Waals surface area contributed by atoms with Crippen LogP contribution in [0.4, 0.5) is 0 Å². The molecule has 0 bridgehead atoms. The van der Waals surface area contributed by atoms with Crippen molar-refractivity contribution in [3.05, 3.63) is 22.4 Å². The van der Waals surface area contributed by atoms with Gasteiger partial charge in [-0.25, -0.2) is 0 Å². The molecule has 1 rings (SSSR count). The fourth-order valence-corrected chi connectivity index (χ4v) is 1.26. The second-order valence-electron chi connectivity index (χ2n) is 3.95. The largest absolute Gasteiger partial charge is 0.363 e. The van der Waals surface area contributed by atoms with E-state index >= 15 is 0 Å². The zero-order valence-electron chi connectivity index (χ0n) is 7.74. The predicted octanol–water partition coefficient (Wildman–Crippen LogP) is 2.67. The lowest BCUT2D eigenvalue weighted by Crippen LogP contribution is -2.35. The summed E-state index contributed by atoms with van der Waals surface area (Å²) in [7, 11) is 0. The molecule has 0 amide bonds. The molecule has 3 heteroatoms. The molecule has 0 saturated heterocycles. The molecule has 2 N–H and O–H groups in total. The first kappa shape index (κ1) is 9.81. The minimum Gasteiger partial charge on any atom is -0.363 e. The lowest BCUT2D eigenvalue weighted by Gasteiger charge is -2.19. The van der Waals surface area contributed by atoms with Crippen LogP contribution in [0.25, 0.3) is 0 Å².